The number of aliphatic hydroxyl groups is 1. The summed E-state index contributed by atoms with van der Waals surface area (Å²) < 4.78 is 20.7. The smallest absolute Gasteiger partial charge is 0.316 e. The first-order valence-corrected chi connectivity index (χ1v) is 13.3. The fourth-order valence-electron chi connectivity index (χ4n) is 5.72. The van der Waals surface area contributed by atoms with E-state index in [1.807, 2.05) is 0 Å². The molecule has 5 rings (SSSR count). The number of ether oxygens (including phenoxy) is 1. The van der Waals surface area contributed by atoms with Gasteiger partial charge in [0.05, 0.1) is 12.7 Å². The van der Waals surface area contributed by atoms with Crippen LogP contribution in [0.25, 0.3) is 11.1 Å². The number of carbonyl (C=O) groups excluding carboxylic acids is 1. The molecule has 0 spiro atoms. The van der Waals surface area contributed by atoms with Gasteiger partial charge in [0.25, 0.3) is 5.91 Å². The predicted molar refractivity (Wildman–Crippen MR) is 135 cm³/mol. The lowest BCUT2D eigenvalue weighted by atomic mass is 9.70. The molecule has 1 N–H and O–H groups in total. The first-order chi connectivity index (χ1) is 17.4. The zero-order chi connectivity index (χ0) is 25.1. The number of aliphatic hydroxyl groups excluding tert-OH is 1. The van der Waals surface area contributed by atoms with Crippen LogP contribution in [0.2, 0.25) is 0 Å². The number of piperidine rings is 2. The number of aromatic nitrogens is 2. The maximum atomic E-state index is 14.9. The number of hydrogen-bond donors (Lipinski definition) is 1. The van der Waals surface area contributed by atoms with Crippen molar-refractivity contribution in [1.82, 2.24) is 19.8 Å². The summed E-state index contributed by atoms with van der Waals surface area (Å²) in [5.74, 6) is -0.261. The fraction of sp³-hybridized carbons (Fsp3) is 0.607. The number of likely N-dealkylation sites (tertiary alicyclic amines) is 2. The van der Waals surface area contributed by atoms with Crippen molar-refractivity contribution >= 4 is 5.91 Å². The first-order valence-electron chi connectivity index (χ1n) is 13.3. The molecule has 8 heteroatoms. The molecule has 1 amide bonds. The van der Waals surface area contributed by atoms with Crippen molar-refractivity contribution in [2.24, 2.45) is 11.3 Å². The van der Waals surface area contributed by atoms with Crippen LogP contribution in [-0.2, 0) is 0 Å². The van der Waals surface area contributed by atoms with Crippen LogP contribution in [0.1, 0.15) is 62.2 Å². The second kappa shape index (κ2) is 10.8. The Labute approximate surface area is 212 Å². The molecule has 1 aliphatic carbocycles. The van der Waals surface area contributed by atoms with E-state index in [0.29, 0.717) is 48.0 Å². The molecule has 3 fully saturated rings. The van der Waals surface area contributed by atoms with Crippen LogP contribution in [0.5, 0.6) is 6.01 Å². The largest absolute Gasteiger partial charge is 0.463 e. The van der Waals surface area contributed by atoms with Crippen molar-refractivity contribution in [3.63, 3.8) is 0 Å². The maximum Gasteiger partial charge on any atom is 0.316 e. The number of rotatable bonds is 7. The van der Waals surface area contributed by atoms with Gasteiger partial charge < -0.3 is 19.6 Å². The Morgan fingerprint density at radius 1 is 1.14 bits per heavy atom. The molecular formula is C28H37FN4O3. The quantitative estimate of drug-likeness (QED) is 0.620. The Morgan fingerprint density at radius 3 is 2.53 bits per heavy atom. The Hall–Kier alpha value is -2.58. The molecule has 1 atom stereocenters. The minimum absolute atomic E-state index is 0.262. The second-order valence-corrected chi connectivity index (χ2v) is 11.2. The van der Waals surface area contributed by atoms with E-state index in [-0.39, 0.29) is 18.0 Å². The summed E-state index contributed by atoms with van der Waals surface area (Å²) in [6.07, 6.45) is 10.4. The van der Waals surface area contributed by atoms with Gasteiger partial charge in [-0.25, -0.2) is 14.4 Å². The third kappa shape index (κ3) is 5.86. The van der Waals surface area contributed by atoms with Crippen LogP contribution >= 0.6 is 0 Å². The molecule has 2 saturated heterocycles. The van der Waals surface area contributed by atoms with E-state index in [4.69, 9.17) is 4.74 Å². The van der Waals surface area contributed by atoms with Crippen molar-refractivity contribution in [2.75, 3.05) is 39.3 Å². The van der Waals surface area contributed by atoms with Gasteiger partial charge in [-0.3, -0.25) is 4.79 Å². The molecule has 1 saturated carbocycles. The highest BCUT2D eigenvalue weighted by Gasteiger charge is 2.34. The van der Waals surface area contributed by atoms with E-state index < -0.39 is 11.9 Å². The van der Waals surface area contributed by atoms with Gasteiger partial charge in [0, 0.05) is 48.7 Å². The lowest BCUT2D eigenvalue weighted by Gasteiger charge is -2.44. The summed E-state index contributed by atoms with van der Waals surface area (Å²) >= 11 is 0. The first kappa shape index (κ1) is 25.1. The summed E-state index contributed by atoms with van der Waals surface area (Å²) in [5.41, 5.74) is 1.68. The number of β-amino-alcohol motifs (C(OH)–C–C–N with tert-alkyl or cyclic N) is 1. The number of amides is 1. The van der Waals surface area contributed by atoms with Gasteiger partial charge >= 0.3 is 6.01 Å². The summed E-state index contributed by atoms with van der Waals surface area (Å²) in [4.78, 5) is 25.5. The molecule has 7 nitrogen and oxygen atoms in total. The van der Waals surface area contributed by atoms with Crippen LogP contribution in [0, 0.1) is 17.2 Å². The van der Waals surface area contributed by atoms with Crippen LogP contribution in [0.3, 0.4) is 0 Å². The van der Waals surface area contributed by atoms with E-state index >= 15 is 0 Å². The van der Waals surface area contributed by atoms with Gasteiger partial charge in [0.1, 0.15) is 5.82 Å². The fourth-order valence-corrected chi connectivity index (χ4v) is 5.72. The van der Waals surface area contributed by atoms with Gasteiger partial charge in [0.15, 0.2) is 0 Å². The highest BCUT2D eigenvalue weighted by atomic mass is 19.1. The minimum Gasteiger partial charge on any atom is -0.463 e. The number of halogens is 1. The predicted octanol–water partition coefficient (Wildman–Crippen LogP) is 4.16. The molecular weight excluding hydrogens is 459 g/mol. The summed E-state index contributed by atoms with van der Waals surface area (Å²) in [5, 5.41) is 9.82. The molecule has 194 valence electrons. The molecule has 3 aliphatic rings. The zero-order valence-corrected chi connectivity index (χ0v) is 21.2. The highest BCUT2D eigenvalue weighted by molar-refractivity contribution is 5.94. The van der Waals surface area contributed by atoms with Crippen LogP contribution in [0.15, 0.2) is 30.6 Å². The molecule has 36 heavy (non-hydrogen) atoms. The summed E-state index contributed by atoms with van der Waals surface area (Å²) in [6, 6.07) is 4.75. The molecule has 0 radical (unpaired) electrons. The Kier molecular flexibility index (Phi) is 7.53. The topological polar surface area (TPSA) is 78.8 Å². The lowest BCUT2D eigenvalue weighted by Crippen LogP contribution is -2.44. The Balaban J connectivity index is 1.12. The number of nitrogens with zero attached hydrogens (tertiary/aromatic N) is 4. The molecule has 2 aliphatic heterocycles. The van der Waals surface area contributed by atoms with Gasteiger partial charge in [0.2, 0.25) is 0 Å². The summed E-state index contributed by atoms with van der Waals surface area (Å²) in [6.45, 7) is 7.34. The average Bonchev–Trinajstić information content (AvgIpc) is 2.87. The van der Waals surface area contributed by atoms with Crippen molar-refractivity contribution in [3.8, 4) is 17.1 Å². The monoisotopic (exact) mass is 496 g/mol. The molecule has 0 bridgehead atoms. The van der Waals surface area contributed by atoms with Gasteiger partial charge in [-0.2, -0.15) is 0 Å². The van der Waals surface area contributed by atoms with Crippen molar-refractivity contribution in [3.05, 3.63) is 42.0 Å². The molecule has 1 aromatic carbocycles. The SMILES string of the molecule is CC1(CN2CCC(COc3ncc(-c4ccc(C(=O)N5CCC[C@@H](O)C5)cc4F)cn3)CC2)CCC1. The molecule has 3 heterocycles. The highest BCUT2D eigenvalue weighted by Crippen LogP contribution is 2.41. The third-order valence-electron chi connectivity index (χ3n) is 8.16. The van der Waals surface area contributed by atoms with Gasteiger partial charge in [-0.1, -0.05) is 19.4 Å². The second-order valence-electron chi connectivity index (χ2n) is 11.2. The average molecular weight is 497 g/mol. The normalized spacial score (nSPS) is 22.8. The van der Waals surface area contributed by atoms with Crippen molar-refractivity contribution < 1.29 is 19.0 Å². The Bertz CT molecular complexity index is 1050. The Morgan fingerprint density at radius 2 is 1.89 bits per heavy atom. The van der Waals surface area contributed by atoms with E-state index in [1.54, 1.807) is 29.4 Å². The third-order valence-corrected chi connectivity index (χ3v) is 8.16. The molecule has 1 aromatic heterocycles. The maximum absolute atomic E-state index is 14.9. The van der Waals surface area contributed by atoms with E-state index in [2.05, 4.69) is 21.8 Å². The van der Waals surface area contributed by atoms with E-state index in [0.717, 1.165) is 32.4 Å². The van der Waals surface area contributed by atoms with E-state index in [9.17, 15) is 14.3 Å². The van der Waals surface area contributed by atoms with Crippen LogP contribution in [0.4, 0.5) is 4.39 Å². The number of hydrogen-bond acceptors (Lipinski definition) is 6. The minimum atomic E-state index is -0.516. The standard InChI is InChI=1S/C28H37FN4O3/c1-28(9-3-10-28)19-32-12-7-20(8-13-32)18-36-27-30-15-22(16-31-27)24-6-5-21(14-25(24)29)26(35)33-11-2-4-23(34)17-33/h5-6,14-16,20,23,34H,2-4,7-13,17-19H2,1H3/t23-/m1/s1. The van der Waals surface area contributed by atoms with Crippen LogP contribution in [-0.4, -0.2) is 76.2 Å². The number of carbonyl (C=O) groups is 1. The number of benzene rings is 1. The molecule has 0 unspecified atom stereocenters. The van der Waals surface area contributed by atoms with Crippen molar-refractivity contribution in [2.45, 2.75) is 58.0 Å². The van der Waals surface area contributed by atoms with Crippen LogP contribution < -0.4 is 4.74 Å². The lowest BCUT2D eigenvalue weighted by molar-refractivity contribution is 0.0473. The summed E-state index contributed by atoms with van der Waals surface area (Å²) in [7, 11) is 0. The zero-order valence-electron chi connectivity index (χ0n) is 21.2. The molecule has 2 aromatic rings. The van der Waals surface area contributed by atoms with Gasteiger partial charge in [-0.05, 0) is 75.1 Å². The van der Waals surface area contributed by atoms with Crippen molar-refractivity contribution in [1.29, 1.82) is 0 Å². The van der Waals surface area contributed by atoms with E-state index in [1.165, 1.54) is 31.9 Å². The van der Waals surface area contributed by atoms with Gasteiger partial charge in [-0.15, -0.1) is 0 Å².